The summed E-state index contributed by atoms with van der Waals surface area (Å²) >= 11 is 3.26. The molecule has 0 bridgehead atoms. The fraction of sp³-hybridized carbons (Fsp3) is 0.316. The smallest absolute Gasteiger partial charge is 0.267 e. The van der Waals surface area contributed by atoms with Gasteiger partial charge in [0.25, 0.3) is 5.91 Å². The molecule has 1 unspecified atom stereocenters. The second kappa shape index (κ2) is 7.40. The van der Waals surface area contributed by atoms with E-state index in [1.165, 1.54) is 0 Å². The number of rotatable bonds is 3. The number of benzene rings is 1. The number of anilines is 1. The van der Waals surface area contributed by atoms with E-state index in [1.54, 1.807) is 22.7 Å². The minimum Gasteiger partial charge on any atom is -0.485 e. The molecule has 2 aromatic heterocycles. The van der Waals surface area contributed by atoms with Crippen LogP contribution in [-0.2, 0) is 4.79 Å². The Bertz CT molecular complexity index is 967. The lowest BCUT2D eigenvalue weighted by Crippen LogP contribution is -2.54. The fourth-order valence-electron chi connectivity index (χ4n) is 3.31. The van der Waals surface area contributed by atoms with Crippen molar-refractivity contribution in [1.29, 1.82) is 0 Å². The van der Waals surface area contributed by atoms with Gasteiger partial charge in [-0.3, -0.25) is 4.79 Å². The molecule has 1 saturated heterocycles. The van der Waals surface area contributed by atoms with E-state index in [-0.39, 0.29) is 12.5 Å². The molecule has 0 saturated carbocycles. The third-order valence-corrected chi connectivity index (χ3v) is 6.82. The monoisotopic (exact) mass is 414 g/mol. The molecule has 0 N–H and O–H groups in total. The molecule has 0 aliphatic carbocycles. The van der Waals surface area contributed by atoms with Gasteiger partial charge in [0.15, 0.2) is 16.5 Å². The first kappa shape index (κ1) is 17.4. The van der Waals surface area contributed by atoms with Crippen LogP contribution in [0.15, 0.2) is 41.8 Å². The van der Waals surface area contributed by atoms with Crippen molar-refractivity contribution in [3.63, 3.8) is 0 Å². The Morgan fingerprint density at radius 1 is 1.04 bits per heavy atom. The molecule has 28 heavy (non-hydrogen) atoms. The minimum atomic E-state index is -0.589. The predicted molar refractivity (Wildman–Crippen MR) is 108 cm³/mol. The number of carbonyl (C=O) groups excluding carboxylic acids is 1. The summed E-state index contributed by atoms with van der Waals surface area (Å²) in [5.74, 6) is 1.29. The van der Waals surface area contributed by atoms with Gasteiger partial charge in [-0.25, -0.2) is 0 Å². The zero-order chi connectivity index (χ0) is 18.9. The van der Waals surface area contributed by atoms with Gasteiger partial charge in [0.05, 0.1) is 4.88 Å². The van der Waals surface area contributed by atoms with Crippen molar-refractivity contribution in [2.45, 2.75) is 6.10 Å². The fourth-order valence-corrected chi connectivity index (χ4v) is 4.99. The highest BCUT2D eigenvalue weighted by molar-refractivity contribution is 7.22. The molecule has 4 heterocycles. The van der Waals surface area contributed by atoms with Crippen LogP contribution in [0.5, 0.6) is 11.5 Å². The lowest BCUT2D eigenvalue weighted by atomic mass is 10.2. The SMILES string of the molecule is O=C(C1COc2ccccc2O1)N1CCN(c2nnc(-c3cccs3)s2)CC1. The predicted octanol–water partition coefficient (Wildman–Crippen LogP) is 2.76. The van der Waals surface area contributed by atoms with Gasteiger partial charge in [0.1, 0.15) is 6.61 Å². The molecular formula is C19H18N4O3S2. The second-order valence-electron chi connectivity index (χ2n) is 6.54. The summed E-state index contributed by atoms with van der Waals surface area (Å²) in [5, 5.41) is 12.5. The third-order valence-electron chi connectivity index (χ3n) is 4.79. The van der Waals surface area contributed by atoms with E-state index >= 15 is 0 Å². The van der Waals surface area contributed by atoms with Gasteiger partial charge < -0.3 is 19.3 Å². The summed E-state index contributed by atoms with van der Waals surface area (Å²) in [6.07, 6.45) is -0.589. The number of piperazine rings is 1. The van der Waals surface area contributed by atoms with Crippen molar-refractivity contribution in [3.8, 4) is 21.4 Å². The topological polar surface area (TPSA) is 67.8 Å². The summed E-state index contributed by atoms with van der Waals surface area (Å²) in [6, 6.07) is 11.5. The highest BCUT2D eigenvalue weighted by atomic mass is 32.1. The largest absolute Gasteiger partial charge is 0.485 e. The Balaban J connectivity index is 1.20. The molecule has 2 aliphatic heterocycles. The number of amides is 1. The molecule has 5 rings (SSSR count). The van der Waals surface area contributed by atoms with Crippen molar-refractivity contribution in [2.24, 2.45) is 0 Å². The number of ether oxygens (including phenoxy) is 2. The normalized spacial score (nSPS) is 18.9. The van der Waals surface area contributed by atoms with E-state index in [2.05, 4.69) is 21.2 Å². The molecule has 3 aromatic rings. The Kier molecular flexibility index (Phi) is 4.61. The molecule has 7 nitrogen and oxygen atoms in total. The van der Waals surface area contributed by atoms with E-state index in [0.717, 1.165) is 28.1 Å². The van der Waals surface area contributed by atoms with Crippen molar-refractivity contribution in [1.82, 2.24) is 15.1 Å². The number of hydrogen-bond acceptors (Lipinski definition) is 8. The van der Waals surface area contributed by atoms with E-state index in [4.69, 9.17) is 9.47 Å². The van der Waals surface area contributed by atoms with E-state index in [9.17, 15) is 4.79 Å². The molecule has 144 valence electrons. The number of nitrogens with zero attached hydrogens (tertiary/aromatic N) is 4. The van der Waals surface area contributed by atoms with Crippen molar-refractivity contribution in [2.75, 3.05) is 37.7 Å². The van der Waals surface area contributed by atoms with Crippen LogP contribution in [0.4, 0.5) is 5.13 Å². The number of carbonyl (C=O) groups is 1. The van der Waals surface area contributed by atoms with Crippen LogP contribution in [0.1, 0.15) is 0 Å². The van der Waals surface area contributed by atoms with Crippen LogP contribution < -0.4 is 14.4 Å². The lowest BCUT2D eigenvalue weighted by Gasteiger charge is -2.36. The summed E-state index contributed by atoms with van der Waals surface area (Å²) < 4.78 is 11.5. The molecule has 1 fully saturated rings. The summed E-state index contributed by atoms with van der Waals surface area (Å²) in [4.78, 5) is 18.0. The van der Waals surface area contributed by atoms with Crippen molar-refractivity contribution >= 4 is 33.7 Å². The molecular weight excluding hydrogens is 396 g/mol. The molecule has 0 radical (unpaired) electrons. The third kappa shape index (κ3) is 3.31. The highest BCUT2D eigenvalue weighted by Crippen LogP contribution is 2.33. The average molecular weight is 415 g/mol. The highest BCUT2D eigenvalue weighted by Gasteiger charge is 2.33. The quantitative estimate of drug-likeness (QED) is 0.657. The van der Waals surface area contributed by atoms with Gasteiger partial charge in [-0.2, -0.15) is 0 Å². The summed E-state index contributed by atoms with van der Waals surface area (Å²) in [5.41, 5.74) is 0. The standard InChI is InChI=1S/C19H18N4O3S2/c24-18(15-12-25-13-4-1-2-5-14(13)26-15)22-7-9-23(10-8-22)19-21-20-17(28-19)16-6-3-11-27-16/h1-6,11,15H,7-10,12H2. The molecule has 2 aliphatic rings. The van der Waals surface area contributed by atoms with E-state index < -0.39 is 6.10 Å². The van der Waals surface area contributed by atoms with Crippen LogP contribution in [0.25, 0.3) is 9.88 Å². The van der Waals surface area contributed by atoms with Crippen molar-refractivity contribution in [3.05, 3.63) is 41.8 Å². The zero-order valence-electron chi connectivity index (χ0n) is 15.0. The van der Waals surface area contributed by atoms with E-state index in [1.807, 2.05) is 40.6 Å². The lowest BCUT2D eigenvalue weighted by molar-refractivity contribution is -0.141. The van der Waals surface area contributed by atoms with Crippen LogP contribution in [-0.4, -0.2) is 59.9 Å². The first-order valence-corrected chi connectivity index (χ1v) is 10.8. The van der Waals surface area contributed by atoms with Gasteiger partial charge >= 0.3 is 0 Å². The second-order valence-corrected chi connectivity index (χ2v) is 8.45. The first-order valence-electron chi connectivity index (χ1n) is 9.07. The Morgan fingerprint density at radius 2 is 1.86 bits per heavy atom. The molecule has 1 amide bonds. The Morgan fingerprint density at radius 3 is 2.64 bits per heavy atom. The minimum absolute atomic E-state index is 0.0225. The Labute approximate surface area is 170 Å². The number of hydrogen-bond donors (Lipinski definition) is 0. The first-order chi connectivity index (χ1) is 13.8. The summed E-state index contributed by atoms with van der Waals surface area (Å²) in [7, 11) is 0. The van der Waals surface area contributed by atoms with E-state index in [0.29, 0.717) is 24.6 Å². The van der Waals surface area contributed by atoms with Crippen LogP contribution in [0, 0.1) is 0 Å². The van der Waals surface area contributed by atoms with Crippen LogP contribution in [0.2, 0.25) is 0 Å². The summed E-state index contributed by atoms with van der Waals surface area (Å²) in [6.45, 7) is 2.98. The number of para-hydroxylation sites is 2. The van der Waals surface area contributed by atoms with Crippen LogP contribution in [0.3, 0.4) is 0 Å². The molecule has 0 spiro atoms. The molecule has 1 atom stereocenters. The van der Waals surface area contributed by atoms with Gasteiger partial charge in [-0.15, -0.1) is 21.5 Å². The van der Waals surface area contributed by atoms with Gasteiger partial charge in [0.2, 0.25) is 11.2 Å². The van der Waals surface area contributed by atoms with Gasteiger partial charge in [0, 0.05) is 26.2 Å². The maximum atomic E-state index is 12.8. The number of aromatic nitrogens is 2. The molecule has 9 heteroatoms. The van der Waals surface area contributed by atoms with Crippen molar-refractivity contribution < 1.29 is 14.3 Å². The average Bonchev–Trinajstić information content (AvgIpc) is 3.45. The van der Waals surface area contributed by atoms with Gasteiger partial charge in [-0.1, -0.05) is 29.5 Å². The Hall–Kier alpha value is -2.65. The maximum absolute atomic E-state index is 12.8. The number of fused-ring (bicyclic) bond motifs is 1. The van der Waals surface area contributed by atoms with Crippen LogP contribution >= 0.6 is 22.7 Å². The van der Waals surface area contributed by atoms with Gasteiger partial charge in [-0.05, 0) is 23.6 Å². The number of thiophene rings is 1. The molecule has 1 aromatic carbocycles. The maximum Gasteiger partial charge on any atom is 0.267 e. The zero-order valence-corrected chi connectivity index (χ0v) is 16.6.